The number of carboxylic acid groups (broad SMARTS) is 1. The summed E-state index contributed by atoms with van der Waals surface area (Å²) >= 11 is 0. The van der Waals surface area contributed by atoms with Gasteiger partial charge in [0.15, 0.2) is 0 Å². The van der Waals surface area contributed by atoms with E-state index >= 15 is 0 Å². The minimum Gasteiger partial charge on any atom is -0.481 e. The van der Waals surface area contributed by atoms with Gasteiger partial charge in [0.1, 0.15) is 0 Å². The summed E-state index contributed by atoms with van der Waals surface area (Å²) in [5, 5.41) is 25.9. The minimum absolute atomic E-state index is 0.0255. The average molecular weight is 257 g/mol. The van der Waals surface area contributed by atoms with Crippen LogP contribution in [0.3, 0.4) is 0 Å². The largest absolute Gasteiger partial charge is 0.481 e. The first-order valence-corrected chi connectivity index (χ1v) is 5.88. The van der Waals surface area contributed by atoms with E-state index < -0.39 is 12.1 Å². The van der Waals surface area contributed by atoms with Crippen LogP contribution in [-0.4, -0.2) is 50.0 Å². The van der Waals surface area contributed by atoms with Gasteiger partial charge < -0.3 is 14.9 Å². The molecule has 102 valence electrons. The highest BCUT2D eigenvalue weighted by Crippen LogP contribution is 2.00. The maximum Gasteiger partial charge on any atom is 0.303 e. The highest BCUT2D eigenvalue weighted by Gasteiger charge is 2.09. The van der Waals surface area contributed by atoms with E-state index in [1.807, 2.05) is 13.8 Å². The number of hydrogen-bond acceptors (Lipinski definition) is 5. The van der Waals surface area contributed by atoms with Gasteiger partial charge in [-0.05, 0) is 13.8 Å². The number of aliphatic carboxylic acids is 1. The molecule has 2 N–H and O–H groups in total. The van der Waals surface area contributed by atoms with Crippen LogP contribution in [0.4, 0.5) is 0 Å². The van der Waals surface area contributed by atoms with Gasteiger partial charge in [-0.2, -0.15) is 0 Å². The summed E-state index contributed by atoms with van der Waals surface area (Å²) in [7, 11) is 0. The molecule has 0 aliphatic carbocycles. The van der Waals surface area contributed by atoms with E-state index in [-0.39, 0.29) is 25.7 Å². The highest BCUT2D eigenvalue weighted by atomic mass is 16.5. The fourth-order valence-corrected chi connectivity index (χ4v) is 1.35. The third-order valence-corrected chi connectivity index (χ3v) is 2.20. The van der Waals surface area contributed by atoms with Crippen molar-refractivity contribution in [2.75, 3.05) is 6.61 Å². The molecule has 1 rings (SSSR count). The Hall–Kier alpha value is -1.47. The lowest BCUT2D eigenvalue weighted by molar-refractivity contribution is -0.136. The second-order valence-electron chi connectivity index (χ2n) is 4.36. The Morgan fingerprint density at radius 2 is 2.28 bits per heavy atom. The van der Waals surface area contributed by atoms with Crippen LogP contribution in [0, 0.1) is 0 Å². The molecule has 7 heteroatoms. The first-order valence-electron chi connectivity index (χ1n) is 5.88. The van der Waals surface area contributed by atoms with Gasteiger partial charge in [0, 0.05) is 12.6 Å². The third-order valence-electron chi connectivity index (χ3n) is 2.20. The summed E-state index contributed by atoms with van der Waals surface area (Å²) in [5.41, 5.74) is 0.606. The molecule has 7 nitrogen and oxygen atoms in total. The van der Waals surface area contributed by atoms with Gasteiger partial charge in [0.25, 0.3) is 0 Å². The Labute approximate surface area is 105 Å². The molecule has 0 fully saturated rings. The van der Waals surface area contributed by atoms with Crippen LogP contribution in [0.25, 0.3) is 0 Å². The number of aliphatic hydroxyl groups excluding tert-OH is 1. The Morgan fingerprint density at radius 3 is 2.89 bits per heavy atom. The molecule has 1 aromatic rings. The maximum absolute atomic E-state index is 10.4. The molecule has 0 saturated heterocycles. The van der Waals surface area contributed by atoms with Gasteiger partial charge in [-0.25, -0.2) is 4.68 Å². The summed E-state index contributed by atoms with van der Waals surface area (Å²) in [6.07, 6.45) is 1.43. The Bertz CT molecular complexity index is 378. The number of aliphatic hydroxyl groups is 1. The molecule has 0 aliphatic rings. The molecule has 1 aromatic heterocycles. The average Bonchev–Trinajstić information content (AvgIpc) is 2.71. The fourth-order valence-electron chi connectivity index (χ4n) is 1.35. The van der Waals surface area contributed by atoms with Gasteiger partial charge in [0.05, 0.1) is 37.5 Å². The number of rotatable bonds is 8. The lowest BCUT2D eigenvalue weighted by Gasteiger charge is -2.12. The van der Waals surface area contributed by atoms with Crippen molar-refractivity contribution in [2.45, 2.75) is 45.4 Å². The summed E-state index contributed by atoms with van der Waals surface area (Å²) in [5.74, 6) is -0.866. The SMILES string of the molecule is CC(C)OCC(O)Cn1cc(CCC(=O)O)nn1. The van der Waals surface area contributed by atoms with Crippen LogP contribution >= 0.6 is 0 Å². The van der Waals surface area contributed by atoms with Crippen LogP contribution in [-0.2, 0) is 22.5 Å². The molecular weight excluding hydrogens is 238 g/mol. The van der Waals surface area contributed by atoms with Crippen LogP contribution in [0.5, 0.6) is 0 Å². The third kappa shape index (κ3) is 5.74. The van der Waals surface area contributed by atoms with E-state index in [4.69, 9.17) is 9.84 Å². The van der Waals surface area contributed by atoms with Crippen molar-refractivity contribution in [1.29, 1.82) is 0 Å². The molecule has 0 aromatic carbocycles. The van der Waals surface area contributed by atoms with E-state index in [1.165, 1.54) is 4.68 Å². The van der Waals surface area contributed by atoms with Crippen LogP contribution in [0.15, 0.2) is 6.20 Å². The highest BCUT2D eigenvalue weighted by molar-refractivity contribution is 5.66. The van der Waals surface area contributed by atoms with Gasteiger partial charge >= 0.3 is 5.97 Å². The molecule has 1 atom stereocenters. The van der Waals surface area contributed by atoms with Crippen LogP contribution in [0.2, 0.25) is 0 Å². The number of nitrogens with zero attached hydrogens (tertiary/aromatic N) is 3. The zero-order valence-corrected chi connectivity index (χ0v) is 10.6. The molecular formula is C11H19N3O4. The molecule has 0 radical (unpaired) electrons. The molecule has 0 bridgehead atoms. The predicted octanol–water partition coefficient (Wildman–Crippen LogP) is 0.0812. The van der Waals surface area contributed by atoms with Crippen molar-refractivity contribution in [1.82, 2.24) is 15.0 Å². The Balaban J connectivity index is 2.36. The number of hydrogen-bond donors (Lipinski definition) is 2. The van der Waals surface area contributed by atoms with Gasteiger partial charge in [-0.15, -0.1) is 5.10 Å². The van der Waals surface area contributed by atoms with Gasteiger partial charge in [0.2, 0.25) is 0 Å². The quantitative estimate of drug-likeness (QED) is 0.684. The summed E-state index contributed by atoms with van der Waals surface area (Å²) < 4.78 is 6.76. The molecule has 1 unspecified atom stereocenters. The summed E-state index contributed by atoms with van der Waals surface area (Å²) in [4.78, 5) is 10.4. The molecule has 0 aliphatic heterocycles. The smallest absolute Gasteiger partial charge is 0.303 e. The van der Waals surface area contributed by atoms with Crippen LogP contribution in [0.1, 0.15) is 26.0 Å². The van der Waals surface area contributed by atoms with Crippen molar-refractivity contribution in [3.05, 3.63) is 11.9 Å². The number of aryl methyl sites for hydroxylation is 1. The molecule has 0 saturated carbocycles. The first kappa shape index (κ1) is 14.6. The minimum atomic E-state index is -0.866. The van der Waals surface area contributed by atoms with E-state index in [0.29, 0.717) is 12.1 Å². The van der Waals surface area contributed by atoms with Crippen molar-refractivity contribution < 1.29 is 19.7 Å². The fraction of sp³-hybridized carbons (Fsp3) is 0.727. The predicted molar refractivity (Wildman–Crippen MR) is 63.1 cm³/mol. The van der Waals surface area contributed by atoms with Gasteiger partial charge in [-0.3, -0.25) is 4.79 Å². The maximum atomic E-state index is 10.4. The lowest BCUT2D eigenvalue weighted by atomic mass is 10.2. The van der Waals surface area contributed by atoms with E-state index in [9.17, 15) is 9.90 Å². The van der Waals surface area contributed by atoms with Crippen molar-refractivity contribution in [3.63, 3.8) is 0 Å². The molecule has 1 heterocycles. The van der Waals surface area contributed by atoms with E-state index in [0.717, 1.165) is 0 Å². The van der Waals surface area contributed by atoms with E-state index in [2.05, 4.69) is 10.3 Å². The molecule has 0 spiro atoms. The lowest BCUT2D eigenvalue weighted by Crippen LogP contribution is -2.24. The van der Waals surface area contributed by atoms with Crippen molar-refractivity contribution in [2.24, 2.45) is 0 Å². The molecule has 0 amide bonds. The zero-order valence-electron chi connectivity index (χ0n) is 10.6. The monoisotopic (exact) mass is 257 g/mol. The number of carboxylic acids is 1. The topological polar surface area (TPSA) is 97.5 Å². The second kappa shape index (κ2) is 7.07. The van der Waals surface area contributed by atoms with Crippen molar-refractivity contribution in [3.8, 4) is 0 Å². The standard InChI is InChI=1S/C11H19N3O4/c1-8(2)18-7-10(15)6-14-5-9(12-13-14)3-4-11(16)17/h5,8,10,15H,3-4,6-7H2,1-2H3,(H,16,17). The first-order chi connectivity index (χ1) is 8.47. The number of carbonyl (C=O) groups is 1. The van der Waals surface area contributed by atoms with E-state index in [1.54, 1.807) is 6.20 Å². The summed E-state index contributed by atoms with van der Waals surface area (Å²) in [6, 6.07) is 0. The van der Waals surface area contributed by atoms with Gasteiger partial charge in [-0.1, -0.05) is 5.21 Å². The van der Waals surface area contributed by atoms with Crippen molar-refractivity contribution >= 4 is 5.97 Å². The number of aromatic nitrogens is 3. The summed E-state index contributed by atoms with van der Waals surface area (Å²) in [6.45, 7) is 4.31. The normalized spacial score (nSPS) is 12.9. The number of ether oxygens (including phenoxy) is 1. The second-order valence-corrected chi connectivity index (χ2v) is 4.36. The Kier molecular flexibility index (Phi) is 5.73. The Morgan fingerprint density at radius 1 is 1.56 bits per heavy atom. The zero-order chi connectivity index (χ0) is 13.5. The molecule has 18 heavy (non-hydrogen) atoms. The van der Waals surface area contributed by atoms with Crippen LogP contribution < -0.4 is 0 Å².